The minimum atomic E-state index is -0.147. The summed E-state index contributed by atoms with van der Waals surface area (Å²) in [6, 6.07) is 0. The molecule has 3 nitrogen and oxygen atoms in total. The Morgan fingerprint density at radius 3 is 2.59 bits per heavy atom. The van der Waals surface area contributed by atoms with Crippen LogP contribution in [0.5, 0.6) is 0 Å². The minimum Gasteiger partial charge on any atom is -0.345 e. The molecule has 0 atom stereocenters. The lowest BCUT2D eigenvalue weighted by molar-refractivity contribution is 0.0903. The highest BCUT2D eigenvalue weighted by atomic mass is 35.5. The summed E-state index contributed by atoms with van der Waals surface area (Å²) in [7, 11) is 0. The van der Waals surface area contributed by atoms with Crippen molar-refractivity contribution < 1.29 is 4.79 Å². The zero-order valence-electron chi connectivity index (χ0n) is 9.99. The monoisotopic (exact) mass is 274 g/mol. The van der Waals surface area contributed by atoms with Crippen LogP contribution in [-0.2, 0) is 0 Å². The molecule has 0 spiro atoms. The lowest BCUT2D eigenvalue weighted by Gasteiger charge is -2.28. The highest BCUT2D eigenvalue weighted by Crippen LogP contribution is 2.29. The Bertz CT molecular complexity index is 386. The van der Waals surface area contributed by atoms with Gasteiger partial charge in [-0.2, -0.15) is 11.3 Å². The molecule has 1 fully saturated rings. The van der Waals surface area contributed by atoms with Crippen molar-refractivity contribution in [3.8, 4) is 0 Å². The number of aryl methyl sites for hydroxylation is 1. The second-order valence-corrected chi connectivity index (χ2v) is 5.36. The molecule has 1 amide bonds. The first-order chi connectivity index (χ1) is 7.67. The first kappa shape index (κ1) is 14.5. The van der Waals surface area contributed by atoms with Crippen LogP contribution in [0.4, 0.5) is 0 Å². The maximum absolute atomic E-state index is 12.1. The van der Waals surface area contributed by atoms with Gasteiger partial charge in [0.1, 0.15) is 0 Å². The van der Waals surface area contributed by atoms with E-state index in [0.717, 1.165) is 24.0 Å². The topological polar surface area (TPSA) is 55.1 Å². The van der Waals surface area contributed by atoms with Gasteiger partial charge < -0.3 is 11.1 Å². The van der Waals surface area contributed by atoms with Crippen molar-refractivity contribution in [2.24, 2.45) is 5.73 Å². The van der Waals surface area contributed by atoms with Gasteiger partial charge in [-0.05, 0) is 30.7 Å². The molecular formula is C12H19ClN2OS. The molecule has 5 heteroatoms. The summed E-state index contributed by atoms with van der Waals surface area (Å²) in [5.41, 5.74) is 7.49. The fourth-order valence-corrected chi connectivity index (χ4v) is 3.16. The molecule has 1 heterocycles. The van der Waals surface area contributed by atoms with Crippen molar-refractivity contribution in [1.82, 2.24) is 5.32 Å². The highest BCUT2D eigenvalue weighted by molar-refractivity contribution is 7.08. The molecule has 2 rings (SSSR count). The van der Waals surface area contributed by atoms with Crippen LogP contribution < -0.4 is 11.1 Å². The van der Waals surface area contributed by atoms with E-state index >= 15 is 0 Å². The van der Waals surface area contributed by atoms with Gasteiger partial charge >= 0.3 is 0 Å². The van der Waals surface area contributed by atoms with Gasteiger partial charge in [0.2, 0.25) is 0 Å². The lowest BCUT2D eigenvalue weighted by atomic mass is 9.97. The van der Waals surface area contributed by atoms with Crippen LogP contribution in [0.2, 0.25) is 0 Å². The highest BCUT2D eigenvalue weighted by Gasteiger charge is 2.34. The van der Waals surface area contributed by atoms with Gasteiger partial charge in [-0.1, -0.05) is 12.8 Å². The number of thiophene rings is 1. The molecule has 1 saturated carbocycles. The van der Waals surface area contributed by atoms with Crippen LogP contribution in [0, 0.1) is 6.92 Å². The third-order valence-electron chi connectivity index (χ3n) is 3.43. The molecule has 96 valence electrons. The molecule has 0 bridgehead atoms. The summed E-state index contributed by atoms with van der Waals surface area (Å²) in [5.74, 6) is 0.0334. The maximum Gasteiger partial charge on any atom is 0.252 e. The second-order valence-electron chi connectivity index (χ2n) is 4.61. The summed E-state index contributed by atoms with van der Waals surface area (Å²) >= 11 is 1.57. The molecule has 17 heavy (non-hydrogen) atoms. The Labute approximate surface area is 112 Å². The van der Waals surface area contributed by atoms with Crippen LogP contribution in [-0.4, -0.2) is 18.0 Å². The third-order valence-corrected chi connectivity index (χ3v) is 4.29. The fraction of sp³-hybridized carbons (Fsp3) is 0.583. The summed E-state index contributed by atoms with van der Waals surface area (Å²) in [5, 5.41) is 7.03. The van der Waals surface area contributed by atoms with Gasteiger partial charge in [-0.3, -0.25) is 4.79 Å². The molecule has 0 unspecified atom stereocenters. The van der Waals surface area contributed by atoms with Crippen LogP contribution in [0.25, 0.3) is 0 Å². The molecule has 0 radical (unpaired) electrons. The van der Waals surface area contributed by atoms with Gasteiger partial charge in [0, 0.05) is 11.9 Å². The van der Waals surface area contributed by atoms with E-state index in [0.29, 0.717) is 6.54 Å². The lowest BCUT2D eigenvalue weighted by Crippen LogP contribution is -2.51. The Balaban J connectivity index is 0.00000144. The summed E-state index contributed by atoms with van der Waals surface area (Å²) in [4.78, 5) is 12.1. The molecule has 0 saturated heterocycles. The average Bonchev–Trinajstić information content (AvgIpc) is 2.87. The van der Waals surface area contributed by atoms with Crippen molar-refractivity contribution in [3.63, 3.8) is 0 Å². The van der Waals surface area contributed by atoms with Crippen molar-refractivity contribution in [3.05, 3.63) is 21.9 Å². The molecule has 0 aromatic carbocycles. The van der Waals surface area contributed by atoms with E-state index in [4.69, 9.17) is 5.73 Å². The predicted molar refractivity (Wildman–Crippen MR) is 74.0 cm³/mol. The van der Waals surface area contributed by atoms with E-state index in [9.17, 15) is 4.79 Å². The number of hydrogen-bond donors (Lipinski definition) is 2. The molecular weight excluding hydrogens is 256 g/mol. The van der Waals surface area contributed by atoms with Crippen LogP contribution >= 0.6 is 23.7 Å². The van der Waals surface area contributed by atoms with Crippen LogP contribution in [0.3, 0.4) is 0 Å². The van der Waals surface area contributed by atoms with E-state index in [2.05, 4.69) is 5.32 Å². The van der Waals surface area contributed by atoms with E-state index in [1.54, 1.807) is 11.3 Å². The van der Waals surface area contributed by atoms with Crippen LogP contribution in [0.1, 0.15) is 41.6 Å². The number of rotatable bonds is 3. The quantitative estimate of drug-likeness (QED) is 0.890. The van der Waals surface area contributed by atoms with Crippen molar-refractivity contribution in [2.45, 2.75) is 38.1 Å². The Morgan fingerprint density at radius 2 is 2.12 bits per heavy atom. The second kappa shape index (κ2) is 5.85. The van der Waals surface area contributed by atoms with E-state index in [1.165, 1.54) is 12.8 Å². The van der Waals surface area contributed by atoms with E-state index < -0.39 is 0 Å². The molecule has 1 aromatic rings. The molecule has 1 aromatic heterocycles. The first-order valence-electron chi connectivity index (χ1n) is 5.72. The standard InChI is InChI=1S/C12H18N2OS.ClH/c1-9-6-16-7-10(9)11(15)14-12(8-13)4-2-3-5-12;/h6-7H,2-5,8,13H2,1H3,(H,14,15);1H. The number of carbonyl (C=O) groups excluding carboxylic acids is 1. The number of hydrogen-bond acceptors (Lipinski definition) is 3. The van der Waals surface area contributed by atoms with Gasteiger partial charge in [0.15, 0.2) is 0 Å². The largest absolute Gasteiger partial charge is 0.345 e. The first-order valence-corrected chi connectivity index (χ1v) is 6.66. The van der Waals surface area contributed by atoms with E-state index in [1.807, 2.05) is 17.7 Å². The van der Waals surface area contributed by atoms with Crippen molar-refractivity contribution in [1.29, 1.82) is 0 Å². The van der Waals surface area contributed by atoms with Gasteiger partial charge in [-0.25, -0.2) is 0 Å². The molecule has 1 aliphatic carbocycles. The van der Waals surface area contributed by atoms with Gasteiger partial charge in [-0.15, -0.1) is 12.4 Å². The summed E-state index contributed by atoms with van der Waals surface area (Å²) in [6.07, 6.45) is 4.36. The van der Waals surface area contributed by atoms with Gasteiger partial charge in [0.25, 0.3) is 5.91 Å². The Kier molecular flexibility index (Phi) is 4.98. The zero-order valence-corrected chi connectivity index (χ0v) is 11.6. The van der Waals surface area contributed by atoms with Crippen molar-refractivity contribution in [2.75, 3.05) is 6.54 Å². The Morgan fingerprint density at radius 1 is 1.47 bits per heavy atom. The number of nitrogens with one attached hydrogen (secondary N) is 1. The Hall–Kier alpha value is -0.580. The fourth-order valence-electron chi connectivity index (χ4n) is 2.33. The zero-order chi connectivity index (χ0) is 11.6. The SMILES string of the molecule is Cc1cscc1C(=O)NC1(CN)CCCC1.Cl. The number of halogens is 1. The van der Waals surface area contributed by atoms with E-state index in [-0.39, 0.29) is 23.9 Å². The summed E-state index contributed by atoms with van der Waals surface area (Å²) < 4.78 is 0. The normalized spacial score (nSPS) is 17.5. The molecule has 3 N–H and O–H groups in total. The average molecular weight is 275 g/mol. The van der Waals surface area contributed by atoms with Crippen molar-refractivity contribution >= 4 is 29.7 Å². The smallest absolute Gasteiger partial charge is 0.252 e. The number of amides is 1. The molecule has 0 aliphatic heterocycles. The molecule has 1 aliphatic rings. The number of nitrogens with two attached hydrogens (primary N) is 1. The summed E-state index contributed by atoms with van der Waals surface area (Å²) in [6.45, 7) is 2.51. The maximum atomic E-state index is 12.1. The number of carbonyl (C=O) groups is 1. The third kappa shape index (κ3) is 3.00. The van der Waals surface area contributed by atoms with Crippen LogP contribution in [0.15, 0.2) is 10.8 Å². The van der Waals surface area contributed by atoms with Gasteiger partial charge in [0.05, 0.1) is 11.1 Å². The minimum absolute atomic E-state index is 0. The predicted octanol–water partition coefficient (Wildman–Crippen LogP) is 2.48.